The summed E-state index contributed by atoms with van der Waals surface area (Å²) in [6.45, 7) is 4.71. The lowest BCUT2D eigenvalue weighted by Gasteiger charge is -2.24. The van der Waals surface area contributed by atoms with Gasteiger partial charge in [0.2, 0.25) is 5.78 Å². The van der Waals surface area contributed by atoms with Crippen LogP contribution >= 0.6 is 0 Å². The van der Waals surface area contributed by atoms with Crippen LogP contribution in [0.1, 0.15) is 37.2 Å². The maximum Gasteiger partial charge on any atom is 0.211 e. The van der Waals surface area contributed by atoms with Gasteiger partial charge in [-0.15, -0.1) is 0 Å². The zero-order chi connectivity index (χ0) is 11.3. The van der Waals surface area contributed by atoms with Gasteiger partial charge in [0.05, 0.1) is 12.8 Å². The molecule has 0 aromatic carbocycles. The van der Waals surface area contributed by atoms with E-state index in [4.69, 9.17) is 4.42 Å². The third-order valence-corrected chi connectivity index (χ3v) is 2.75. The minimum absolute atomic E-state index is 0.0504. The zero-order valence-corrected chi connectivity index (χ0v) is 9.69. The lowest BCUT2D eigenvalue weighted by molar-refractivity contribution is 0.0888. The van der Waals surface area contributed by atoms with Gasteiger partial charge in [-0.1, -0.05) is 13.8 Å². The Bertz CT molecular complexity index is 289. The van der Waals surface area contributed by atoms with E-state index in [1.165, 1.54) is 6.26 Å². The SMILES string of the molecule is CCC(CC)N(C)CC(=O)c1ccco1. The van der Waals surface area contributed by atoms with E-state index < -0.39 is 0 Å². The molecular formula is C12H19NO2. The van der Waals surface area contributed by atoms with Gasteiger partial charge in [-0.05, 0) is 32.0 Å². The molecule has 0 aliphatic rings. The molecule has 1 heterocycles. The summed E-state index contributed by atoms with van der Waals surface area (Å²) in [4.78, 5) is 13.8. The fourth-order valence-corrected chi connectivity index (χ4v) is 1.78. The molecule has 1 aromatic heterocycles. The smallest absolute Gasteiger partial charge is 0.211 e. The van der Waals surface area contributed by atoms with Gasteiger partial charge in [0.1, 0.15) is 0 Å². The number of hydrogen-bond donors (Lipinski definition) is 0. The number of nitrogens with zero attached hydrogens (tertiary/aromatic N) is 1. The Labute approximate surface area is 91.1 Å². The number of carbonyl (C=O) groups is 1. The quantitative estimate of drug-likeness (QED) is 0.675. The lowest BCUT2D eigenvalue weighted by atomic mass is 10.1. The third-order valence-electron chi connectivity index (χ3n) is 2.75. The standard InChI is InChI=1S/C12H19NO2/c1-4-10(5-2)13(3)9-11(14)12-7-6-8-15-12/h6-8,10H,4-5,9H2,1-3H3. The van der Waals surface area contributed by atoms with Crippen molar-refractivity contribution < 1.29 is 9.21 Å². The molecule has 1 rings (SSSR count). The predicted octanol–water partition coefficient (Wildman–Crippen LogP) is 2.58. The zero-order valence-electron chi connectivity index (χ0n) is 9.69. The van der Waals surface area contributed by atoms with Gasteiger partial charge in [-0.25, -0.2) is 0 Å². The molecule has 0 amide bonds. The van der Waals surface area contributed by atoms with Crippen LogP contribution in [0.3, 0.4) is 0 Å². The topological polar surface area (TPSA) is 33.5 Å². The summed E-state index contributed by atoms with van der Waals surface area (Å²) in [6.07, 6.45) is 3.67. The van der Waals surface area contributed by atoms with Crippen LogP contribution in [-0.4, -0.2) is 30.3 Å². The fourth-order valence-electron chi connectivity index (χ4n) is 1.78. The first-order chi connectivity index (χ1) is 7.19. The number of furan rings is 1. The molecule has 3 nitrogen and oxygen atoms in total. The molecule has 84 valence electrons. The first-order valence-corrected chi connectivity index (χ1v) is 5.46. The second-order valence-electron chi connectivity index (χ2n) is 3.79. The van der Waals surface area contributed by atoms with Gasteiger partial charge < -0.3 is 4.42 Å². The van der Waals surface area contributed by atoms with Crippen molar-refractivity contribution in [3.05, 3.63) is 24.2 Å². The largest absolute Gasteiger partial charge is 0.461 e. The highest BCUT2D eigenvalue weighted by molar-refractivity contribution is 5.94. The summed E-state index contributed by atoms with van der Waals surface area (Å²) in [6, 6.07) is 3.93. The number of carbonyl (C=O) groups excluding carboxylic acids is 1. The Kier molecular flexibility index (Phi) is 4.56. The Hall–Kier alpha value is -1.09. The Morgan fingerprint density at radius 3 is 2.60 bits per heavy atom. The normalized spacial score (nSPS) is 11.3. The Morgan fingerprint density at radius 2 is 2.13 bits per heavy atom. The van der Waals surface area contributed by atoms with E-state index in [0.29, 0.717) is 18.3 Å². The van der Waals surface area contributed by atoms with E-state index in [1.54, 1.807) is 12.1 Å². The van der Waals surface area contributed by atoms with Gasteiger partial charge in [-0.2, -0.15) is 0 Å². The summed E-state index contributed by atoms with van der Waals surface area (Å²) in [5.74, 6) is 0.502. The van der Waals surface area contributed by atoms with Crippen molar-refractivity contribution in [2.24, 2.45) is 0 Å². The molecule has 3 heteroatoms. The van der Waals surface area contributed by atoms with Crippen LogP contribution in [0.5, 0.6) is 0 Å². The van der Waals surface area contributed by atoms with Gasteiger partial charge in [0.15, 0.2) is 5.76 Å². The van der Waals surface area contributed by atoms with Crippen molar-refractivity contribution >= 4 is 5.78 Å². The molecule has 0 saturated heterocycles. The molecule has 0 N–H and O–H groups in total. The monoisotopic (exact) mass is 209 g/mol. The molecule has 0 radical (unpaired) electrons. The Morgan fingerprint density at radius 1 is 1.47 bits per heavy atom. The van der Waals surface area contributed by atoms with Crippen molar-refractivity contribution in [1.82, 2.24) is 4.90 Å². The van der Waals surface area contributed by atoms with Gasteiger partial charge in [0, 0.05) is 6.04 Å². The summed E-state index contributed by atoms with van der Waals surface area (Å²) in [5, 5.41) is 0. The van der Waals surface area contributed by atoms with Gasteiger partial charge in [0.25, 0.3) is 0 Å². The first-order valence-electron chi connectivity index (χ1n) is 5.46. The predicted molar refractivity (Wildman–Crippen MR) is 60.0 cm³/mol. The summed E-state index contributed by atoms with van der Waals surface area (Å²) in [5.41, 5.74) is 0. The molecular weight excluding hydrogens is 190 g/mol. The van der Waals surface area contributed by atoms with Crippen LogP contribution in [0.25, 0.3) is 0 Å². The number of likely N-dealkylation sites (N-methyl/N-ethyl adjacent to an activating group) is 1. The fraction of sp³-hybridized carbons (Fsp3) is 0.583. The molecule has 0 saturated carbocycles. The number of hydrogen-bond acceptors (Lipinski definition) is 3. The first kappa shape index (κ1) is 12.0. The highest BCUT2D eigenvalue weighted by atomic mass is 16.3. The average Bonchev–Trinajstić information content (AvgIpc) is 2.72. The summed E-state index contributed by atoms with van der Waals surface area (Å²) >= 11 is 0. The van der Waals surface area contributed by atoms with E-state index in [1.807, 2.05) is 7.05 Å². The maximum absolute atomic E-state index is 11.7. The summed E-state index contributed by atoms with van der Waals surface area (Å²) < 4.78 is 5.07. The van der Waals surface area contributed by atoms with Crippen molar-refractivity contribution in [3.63, 3.8) is 0 Å². The number of rotatable bonds is 6. The second kappa shape index (κ2) is 5.71. The minimum Gasteiger partial charge on any atom is -0.461 e. The second-order valence-corrected chi connectivity index (χ2v) is 3.79. The summed E-state index contributed by atoms with van der Waals surface area (Å²) in [7, 11) is 1.98. The number of Topliss-reactive ketones (excluding diaryl/α,β-unsaturated/α-hetero) is 1. The molecule has 0 unspecified atom stereocenters. The van der Waals surface area contributed by atoms with Crippen molar-refractivity contribution in [2.75, 3.05) is 13.6 Å². The van der Waals surface area contributed by atoms with E-state index in [0.717, 1.165) is 12.8 Å². The van der Waals surface area contributed by atoms with E-state index in [-0.39, 0.29) is 5.78 Å². The molecule has 1 aromatic rings. The molecule has 0 aliphatic carbocycles. The molecule has 0 spiro atoms. The minimum atomic E-state index is 0.0504. The van der Waals surface area contributed by atoms with Crippen LogP contribution in [0.4, 0.5) is 0 Å². The van der Waals surface area contributed by atoms with Crippen LogP contribution in [0.2, 0.25) is 0 Å². The van der Waals surface area contributed by atoms with Gasteiger partial charge in [-0.3, -0.25) is 9.69 Å². The van der Waals surface area contributed by atoms with Crippen molar-refractivity contribution in [3.8, 4) is 0 Å². The maximum atomic E-state index is 11.7. The van der Waals surface area contributed by atoms with Gasteiger partial charge >= 0.3 is 0 Å². The Balaban J connectivity index is 2.51. The van der Waals surface area contributed by atoms with Crippen LogP contribution < -0.4 is 0 Å². The molecule has 15 heavy (non-hydrogen) atoms. The molecule has 0 bridgehead atoms. The molecule has 0 fully saturated rings. The highest BCUT2D eigenvalue weighted by Gasteiger charge is 2.16. The lowest BCUT2D eigenvalue weighted by Crippen LogP contribution is -2.35. The van der Waals surface area contributed by atoms with E-state index >= 15 is 0 Å². The third kappa shape index (κ3) is 3.20. The van der Waals surface area contributed by atoms with Crippen LogP contribution in [-0.2, 0) is 0 Å². The van der Waals surface area contributed by atoms with Crippen LogP contribution in [0, 0.1) is 0 Å². The van der Waals surface area contributed by atoms with E-state index in [2.05, 4.69) is 18.7 Å². The average molecular weight is 209 g/mol. The highest BCUT2D eigenvalue weighted by Crippen LogP contribution is 2.08. The van der Waals surface area contributed by atoms with Crippen molar-refractivity contribution in [2.45, 2.75) is 32.7 Å². The van der Waals surface area contributed by atoms with Crippen molar-refractivity contribution in [1.29, 1.82) is 0 Å². The van der Waals surface area contributed by atoms with E-state index in [9.17, 15) is 4.79 Å². The molecule has 0 atom stereocenters. The van der Waals surface area contributed by atoms with Crippen LogP contribution in [0.15, 0.2) is 22.8 Å². The number of ketones is 1. The molecule has 0 aliphatic heterocycles.